The fraction of sp³-hybridized carbons (Fsp3) is 0.900. The van der Waals surface area contributed by atoms with E-state index in [1.807, 2.05) is 6.92 Å². The van der Waals surface area contributed by atoms with Crippen LogP contribution in [0.15, 0.2) is 0 Å². The van der Waals surface area contributed by atoms with Gasteiger partial charge in [-0.2, -0.15) is 0 Å². The Labute approximate surface area is 84.3 Å². The van der Waals surface area contributed by atoms with Gasteiger partial charge in [0.2, 0.25) is 5.91 Å². The van der Waals surface area contributed by atoms with Crippen LogP contribution in [0.4, 0.5) is 0 Å². The highest BCUT2D eigenvalue weighted by atomic mass is 16.3. The smallest absolute Gasteiger partial charge is 0.227 e. The summed E-state index contributed by atoms with van der Waals surface area (Å²) in [6, 6.07) is 0.285. The van der Waals surface area contributed by atoms with E-state index in [1.165, 1.54) is 0 Å². The highest BCUT2D eigenvalue weighted by Crippen LogP contribution is 2.25. The van der Waals surface area contributed by atoms with Crippen LogP contribution in [0.1, 0.15) is 20.3 Å². The summed E-state index contributed by atoms with van der Waals surface area (Å²) >= 11 is 0. The molecule has 2 heterocycles. The third-order valence-corrected chi connectivity index (χ3v) is 3.22. The predicted octanol–water partition coefficient (Wildman–Crippen LogP) is -0.422. The summed E-state index contributed by atoms with van der Waals surface area (Å²) in [7, 11) is 0. The molecule has 0 saturated carbocycles. The molecule has 2 aliphatic rings. The van der Waals surface area contributed by atoms with Crippen LogP contribution in [0, 0.1) is 5.92 Å². The van der Waals surface area contributed by atoms with E-state index in [1.54, 1.807) is 11.8 Å². The second kappa shape index (κ2) is 3.21. The molecular formula is C10H18N2O2. The number of hydrogen-bond donors (Lipinski definition) is 2. The molecule has 0 aliphatic carbocycles. The zero-order valence-electron chi connectivity index (χ0n) is 8.79. The molecular weight excluding hydrogens is 180 g/mol. The second-order valence-electron chi connectivity index (χ2n) is 4.83. The van der Waals surface area contributed by atoms with E-state index >= 15 is 0 Å². The lowest BCUT2D eigenvalue weighted by Crippen LogP contribution is -2.63. The van der Waals surface area contributed by atoms with Crippen LogP contribution in [0.25, 0.3) is 0 Å². The molecule has 0 aromatic carbocycles. The molecule has 2 saturated heterocycles. The normalized spacial score (nSPS) is 35.5. The van der Waals surface area contributed by atoms with Gasteiger partial charge in [0.1, 0.15) is 0 Å². The average Bonchev–Trinajstić information content (AvgIpc) is 2.45. The van der Waals surface area contributed by atoms with Crippen molar-refractivity contribution in [2.24, 2.45) is 5.92 Å². The zero-order chi connectivity index (χ0) is 10.3. The first-order valence-corrected chi connectivity index (χ1v) is 5.24. The van der Waals surface area contributed by atoms with E-state index < -0.39 is 5.60 Å². The molecule has 0 aromatic rings. The third kappa shape index (κ3) is 1.64. The van der Waals surface area contributed by atoms with Gasteiger partial charge in [-0.1, -0.05) is 0 Å². The maximum Gasteiger partial charge on any atom is 0.227 e. The quantitative estimate of drug-likeness (QED) is 0.601. The van der Waals surface area contributed by atoms with Crippen LogP contribution in [0.2, 0.25) is 0 Å². The molecule has 14 heavy (non-hydrogen) atoms. The van der Waals surface area contributed by atoms with Crippen molar-refractivity contribution in [2.45, 2.75) is 31.9 Å². The van der Waals surface area contributed by atoms with Crippen molar-refractivity contribution >= 4 is 5.91 Å². The number of β-amino-alcohol motifs (C(OH)–C–C–N with tert-alkyl or cyclic N) is 1. The number of carbonyl (C=O) groups excluding carboxylic acids is 1. The highest BCUT2D eigenvalue weighted by Gasteiger charge is 2.43. The second-order valence-corrected chi connectivity index (χ2v) is 4.83. The third-order valence-electron chi connectivity index (χ3n) is 3.22. The van der Waals surface area contributed by atoms with E-state index in [-0.39, 0.29) is 17.9 Å². The lowest BCUT2D eigenvalue weighted by molar-refractivity contribution is -0.156. The Kier molecular flexibility index (Phi) is 2.27. The molecule has 2 rings (SSSR count). The van der Waals surface area contributed by atoms with Gasteiger partial charge in [-0.3, -0.25) is 4.79 Å². The lowest BCUT2D eigenvalue weighted by Gasteiger charge is -2.45. The first-order chi connectivity index (χ1) is 6.49. The molecule has 4 nitrogen and oxygen atoms in total. The van der Waals surface area contributed by atoms with Crippen molar-refractivity contribution in [3.8, 4) is 0 Å². The molecule has 2 unspecified atom stereocenters. The summed E-state index contributed by atoms with van der Waals surface area (Å²) in [6.07, 6.45) is 0.929. The molecule has 0 radical (unpaired) electrons. The van der Waals surface area contributed by atoms with Crippen molar-refractivity contribution < 1.29 is 9.90 Å². The Hall–Kier alpha value is -0.610. The number of rotatable bonds is 1. The molecule has 0 bridgehead atoms. The summed E-state index contributed by atoms with van der Waals surface area (Å²) in [5, 5.41) is 12.8. The average molecular weight is 198 g/mol. The number of hydrogen-bond acceptors (Lipinski definition) is 3. The van der Waals surface area contributed by atoms with Gasteiger partial charge in [0.05, 0.1) is 24.6 Å². The van der Waals surface area contributed by atoms with Crippen molar-refractivity contribution in [2.75, 3.05) is 19.6 Å². The van der Waals surface area contributed by atoms with Crippen LogP contribution < -0.4 is 5.32 Å². The van der Waals surface area contributed by atoms with Crippen molar-refractivity contribution in [1.29, 1.82) is 0 Å². The maximum atomic E-state index is 11.9. The summed E-state index contributed by atoms with van der Waals surface area (Å²) in [4.78, 5) is 13.7. The van der Waals surface area contributed by atoms with Gasteiger partial charge >= 0.3 is 0 Å². The van der Waals surface area contributed by atoms with Crippen molar-refractivity contribution in [3.05, 3.63) is 0 Å². The Morgan fingerprint density at radius 1 is 1.57 bits per heavy atom. The van der Waals surface area contributed by atoms with Gasteiger partial charge in [0.25, 0.3) is 0 Å². The number of nitrogens with zero attached hydrogens (tertiary/aromatic N) is 1. The van der Waals surface area contributed by atoms with E-state index in [0.29, 0.717) is 13.1 Å². The molecule has 1 amide bonds. The van der Waals surface area contributed by atoms with Gasteiger partial charge in [-0.05, 0) is 26.8 Å². The van der Waals surface area contributed by atoms with E-state index in [4.69, 9.17) is 0 Å². The molecule has 4 heteroatoms. The molecule has 2 fully saturated rings. The predicted molar refractivity (Wildman–Crippen MR) is 52.8 cm³/mol. The summed E-state index contributed by atoms with van der Waals surface area (Å²) in [5.41, 5.74) is -0.648. The number of nitrogens with one attached hydrogen (secondary N) is 1. The number of amides is 1. The largest absolute Gasteiger partial charge is 0.386 e. The van der Waals surface area contributed by atoms with Crippen LogP contribution in [0.3, 0.4) is 0 Å². The molecule has 0 spiro atoms. The Morgan fingerprint density at radius 3 is 2.64 bits per heavy atom. The van der Waals surface area contributed by atoms with E-state index in [9.17, 15) is 9.90 Å². The first kappa shape index (κ1) is 9.93. The topological polar surface area (TPSA) is 52.6 Å². The number of carbonyl (C=O) groups is 1. The summed E-state index contributed by atoms with van der Waals surface area (Å²) in [6.45, 7) is 5.74. The fourth-order valence-electron chi connectivity index (χ4n) is 2.36. The zero-order valence-corrected chi connectivity index (χ0v) is 8.79. The molecule has 80 valence electrons. The van der Waals surface area contributed by atoms with Gasteiger partial charge in [-0.15, -0.1) is 0 Å². The highest BCUT2D eigenvalue weighted by molar-refractivity contribution is 5.81. The van der Waals surface area contributed by atoms with Gasteiger partial charge in [-0.25, -0.2) is 0 Å². The minimum absolute atomic E-state index is 0.117. The van der Waals surface area contributed by atoms with Gasteiger partial charge < -0.3 is 15.3 Å². The standard InChI is InChI=1S/C10H18N2O2/c1-7-8(3-4-11-7)9(13)12-5-10(2,14)6-12/h7-8,11,14H,3-6H2,1-2H3. The first-order valence-electron chi connectivity index (χ1n) is 5.24. The number of aliphatic hydroxyl groups is 1. The SMILES string of the molecule is CC1NCCC1C(=O)N1CC(C)(O)C1. The summed E-state index contributed by atoms with van der Waals surface area (Å²) < 4.78 is 0. The van der Waals surface area contributed by atoms with E-state index in [2.05, 4.69) is 5.32 Å². The Bertz CT molecular complexity index is 245. The maximum absolute atomic E-state index is 11.9. The molecule has 2 atom stereocenters. The Balaban J connectivity index is 1.90. The monoisotopic (exact) mass is 198 g/mol. The van der Waals surface area contributed by atoms with Gasteiger partial charge in [0.15, 0.2) is 0 Å². The Morgan fingerprint density at radius 2 is 2.21 bits per heavy atom. The minimum atomic E-state index is -0.648. The van der Waals surface area contributed by atoms with Crippen LogP contribution in [0.5, 0.6) is 0 Å². The molecule has 2 N–H and O–H groups in total. The lowest BCUT2D eigenvalue weighted by atomic mass is 9.92. The van der Waals surface area contributed by atoms with Crippen LogP contribution in [-0.4, -0.2) is 47.2 Å². The van der Waals surface area contributed by atoms with Crippen molar-refractivity contribution in [3.63, 3.8) is 0 Å². The molecule has 2 aliphatic heterocycles. The fourth-order valence-corrected chi connectivity index (χ4v) is 2.36. The van der Waals surface area contributed by atoms with E-state index in [0.717, 1.165) is 13.0 Å². The minimum Gasteiger partial charge on any atom is -0.386 e. The van der Waals surface area contributed by atoms with Crippen molar-refractivity contribution in [1.82, 2.24) is 10.2 Å². The summed E-state index contributed by atoms with van der Waals surface area (Å²) in [5.74, 6) is 0.320. The van der Waals surface area contributed by atoms with Gasteiger partial charge in [0, 0.05) is 6.04 Å². The van der Waals surface area contributed by atoms with Crippen LogP contribution >= 0.6 is 0 Å². The van der Waals surface area contributed by atoms with Crippen LogP contribution in [-0.2, 0) is 4.79 Å². The molecule has 0 aromatic heterocycles. The number of likely N-dealkylation sites (tertiary alicyclic amines) is 1.